The Balaban J connectivity index is 1.98. The van der Waals surface area contributed by atoms with E-state index in [2.05, 4.69) is 41.8 Å². The van der Waals surface area contributed by atoms with Crippen molar-refractivity contribution in [1.82, 2.24) is 9.38 Å². The van der Waals surface area contributed by atoms with Gasteiger partial charge in [-0.05, 0) is 61.2 Å². The highest BCUT2D eigenvalue weighted by Gasteiger charge is 2.21. The lowest BCUT2D eigenvalue weighted by molar-refractivity contribution is 0.414. The number of imidazole rings is 1. The molecular formula is C17H16N2O. The molecule has 1 aliphatic carbocycles. The molecule has 0 unspecified atom stereocenters. The first-order chi connectivity index (χ1) is 9.76. The number of ether oxygens (including phenoxy) is 1. The van der Waals surface area contributed by atoms with Crippen LogP contribution in [0.5, 0.6) is 5.75 Å². The van der Waals surface area contributed by atoms with Gasteiger partial charge in [-0.15, -0.1) is 0 Å². The number of aryl methyl sites for hydroxylation is 3. The molecule has 100 valence electrons. The lowest BCUT2D eigenvalue weighted by Gasteiger charge is -2.16. The van der Waals surface area contributed by atoms with E-state index in [-0.39, 0.29) is 0 Å². The molecule has 0 fully saturated rings. The van der Waals surface area contributed by atoms with Gasteiger partial charge < -0.3 is 9.14 Å². The predicted octanol–water partition coefficient (Wildman–Crippen LogP) is 3.42. The Morgan fingerprint density at radius 1 is 1.15 bits per heavy atom. The molecule has 2 heterocycles. The van der Waals surface area contributed by atoms with Crippen molar-refractivity contribution in [1.29, 1.82) is 0 Å². The number of methoxy groups -OCH3 is 1. The second-order valence-electron chi connectivity index (χ2n) is 5.36. The number of hydrogen-bond donors (Lipinski definition) is 0. The lowest BCUT2D eigenvalue weighted by Crippen LogP contribution is -2.05. The molecule has 0 bridgehead atoms. The molecule has 1 aromatic carbocycles. The number of fused-ring (bicyclic) bond motifs is 5. The summed E-state index contributed by atoms with van der Waals surface area (Å²) < 4.78 is 7.54. The van der Waals surface area contributed by atoms with E-state index in [0.29, 0.717) is 0 Å². The van der Waals surface area contributed by atoms with Crippen LogP contribution in [-0.4, -0.2) is 16.5 Å². The number of hydrogen-bond acceptors (Lipinski definition) is 2. The number of benzene rings is 1. The van der Waals surface area contributed by atoms with E-state index < -0.39 is 0 Å². The van der Waals surface area contributed by atoms with E-state index in [1.807, 2.05) is 6.07 Å². The average Bonchev–Trinajstić information content (AvgIpc) is 2.84. The third kappa shape index (κ3) is 1.56. The highest BCUT2D eigenvalue weighted by Crippen LogP contribution is 2.35. The minimum absolute atomic E-state index is 0.923. The van der Waals surface area contributed by atoms with Gasteiger partial charge in [-0.1, -0.05) is 0 Å². The van der Waals surface area contributed by atoms with E-state index in [9.17, 15) is 0 Å². The van der Waals surface area contributed by atoms with Gasteiger partial charge in [0.1, 0.15) is 11.4 Å². The quantitative estimate of drug-likeness (QED) is 0.673. The van der Waals surface area contributed by atoms with Gasteiger partial charge in [0.05, 0.1) is 18.5 Å². The molecule has 0 radical (unpaired) electrons. The van der Waals surface area contributed by atoms with Crippen LogP contribution in [0, 0.1) is 6.92 Å². The molecule has 3 nitrogen and oxygen atoms in total. The molecule has 3 aromatic rings. The first-order valence-electron chi connectivity index (χ1n) is 6.91. The monoisotopic (exact) mass is 264 g/mol. The van der Waals surface area contributed by atoms with Crippen LogP contribution < -0.4 is 4.74 Å². The maximum absolute atomic E-state index is 5.32. The third-order valence-corrected chi connectivity index (χ3v) is 4.08. The molecule has 20 heavy (non-hydrogen) atoms. The van der Waals surface area contributed by atoms with Crippen LogP contribution in [0.1, 0.15) is 16.8 Å². The topological polar surface area (TPSA) is 26.5 Å². The van der Waals surface area contributed by atoms with Gasteiger partial charge in [-0.2, -0.15) is 0 Å². The smallest absolute Gasteiger partial charge is 0.137 e. The first kappa shape index (κ1) is 11.5. The Labute approximate surface area is 117 Å². The number of aromatic nitrogens is 2. The van der Waals surface area contributed by atoms with Gasteiger partial charge in [0, 0.05) is 11.8 Å². The minimum Gasteiger partial charge on any atom is -0.497 e. The standard InChI is InChI=1S/C17H16N2O/c1-11-7-8-19-15-6-3-12-10-13(20-2)4-5-14(12)17(15)18-16(19)9-11/h4-5,7-10H,3,6H2,1-2H3. The fourth-order valence-electron chi connectivity index (χ4n) is 3.04. The summed E-state index contributed by atoms with van der Waals surface area (Å²) in [6.45, 7) is 2.10. The Bertz CT molecular complexity index is 817. The molecular weight excluding hydrogens is 248 g/mol. The maximum Gasteiger partial charge on any atom is 0.137 e. The van der Waals surface area contributed by atoms with E-state index in [1.165, 1.54) is 22.4 Å². The average molecular weight is 264 g/mol. The molecule has 0 amide bonds. The minimum atomic E-state index is 0.923. The molecule has 3 heteroatoms. The van der Waals surface area contributed by atoms with Gasteiger partial charge in [-0.3, -0.25) is 0 Å². The van der Waals surface area contributed by atoms with Crippen molar-refractivity contribution in [2.45, 2.75) is 19.8 Å². The van der Waals surface area contributed by atoms with Crippen molar-refractivity contribution in [3.8, 4) is 17.0 Å². The summed E-state index contributed by atoms with van der Waals surface area (Å²) in [6, 6.07) is 10.6. The first-order valence-corrected chi connectivity index (χ1v) is 6.91. The van der Waals surface area contributed by atoms with E-state index in [0.717, 1.165) is 29.9 Å². The zero-order valence-corrected chi connectivity index (χ0v) is 11.7. The van der Waals surface area contributed by atoms with Crippen molar-refractivity contribution in [3.05, 3.63) is 53.3 Å². The molecule has 0 spiro atoms. The Kier molecular flexibility index (Phi) is 2.36. The maximum atomic E-state index is 5.32. The molecule has 0 N–H and O–H groups in total. The van der Waals surface area contributed by atoms with Crippen molar-refractivity contribution < 1.29 is 4.74 Å². The van der Waals surface area contributed by atoms with Gasteiger partial charge in [0.25, 0.3) is 0 Å². The zero-order chi connectivity index (χ0) is 13.7. The van der Waals surface area contributed by atoms with E-state index >= 15 is 0 Å². The number of pyridine rings is 1. The van der Waals surface area contributed by atoms with Crippen molar-refractivity contribution in [2.75, 3.05) is 7.11 Å². The lowest BCUT2D eigenvalue weighted by atomic mass is 9.92. The second kappa shape index (κ2) is 4.10. The summed E-state index contributed by atoms with van der Waals surface area (Å²) in [7, 11) is 1.71. The molecule has 0 aliphatic heterocycles. The predicted molar refractivity (Wildman–Crippen MR) is 79.3 cm³/mol. The van der Waals surface area contributed by atoms with Gasteiger partial charge in [0.15, 0.2) is 0 Å². The third-order valence-electron chi connectivity index (χ3n) is 4.08. The summed E-state index contributed by atoms with van der Waals surface area (Å²) in [6.07, 6.45) is 4.20. The zero-order valence-electron chi connectivity index (χ0n) is 11.7. The molecule has 0 saturated heterocycles. The summed E-state index contributed by atoms with van der Waals surface area (Å²) in [5.74, 6) is 0.923. The Morgan fingerprint density at radius 3 is 2.90 bits per heavy atom. The second-order valence-corrected chi connectivity index (χ2v) is 5.36. The number of rotatable bonds is 1. The van der Waals surface area contributed by atoms with Crippen LogP contribution in [0.2, 0.25) is 0 Å². The van der Waals surface area contributed by atoms with Crippen molar-refractivity contribution >= 4 is 5.65 Å². The van der Waals surface area contributed by atoms with Crippen LogP contribution in [0.15, 0.2) is 36.5 Å². The van der Waals surface area contributed by atoms with Crippen LogP contribution >= 0.6 is 0 Å². The van der Waals surface area contributed by atoms with Crippen LogP contribution in [0.25, 0.3) is 16.9 Å². The summed E-state index contributed by atoms with van der Waals surface area (Å²) in [5.41, 5.74) is 7.30. The molecule has 0 atom stereocenters. The van der Waals surface area contributed by atoms with Crippen molar-refractivity contribution in [3.63, 3.8) is 0 Å². The Morgan fingerprint density at radius 2 is 2.05 bits per heavy atom. The fourth-order valence-corrected chi connectivity index (χ4v) is 3.04. The van der Waals surface area contributed by atoms with Crippen LogP contribution in [0.4, 0.5) is 0 Å². The fraction of sp³-hybridized carbons (Fsp3) is 0.235. The summed E-state index contributed by atoms with van der Waals surface area (Å²) in [4.78, 5) is 4.83. The molecule has 4 rings (SSSR count). The highest BCUT2D eigenvalue weighted by atomic mass is 16.5. The highest BCUT2D eigenvalue weighted by molar-refractivity contribution is 5.72. The SMILES string of the molecule is COc1ccc2c(c1)CCc1c-2nc2cc(C)ccn12. The summed E-state index contributed by atoms with van der Waals surface area (Å²) >= 11 is 0. The molecule has 2 aromatic heterocycles. The van der Waals surface area contributed by atoms with Crippen molar-refractivity contribution in [2.24, 2.45) is 0 Å². The Hall–Kier alpha value is -2.29. The van der Waals surface area contributed by atoms with Gasteiger partial charge >= 0.3 is 0 Å². The van der Waals surface area contributed by atoms with Crippen LogP contribution in [0.3, 0.4) is 0 Å². The van der Waals surface area contributed by atoms with E-state index in [1.54, 1.807) is 7.11 Å². The van der Waals surface area contributed by atoms with Gasteiger partial charge in [0.2, 0.25) is 0 Å². The normalized spacial score (nSPS) is 13.1. The van der Waals surface area contributed by atoms with E-state index in [4.69, 9.17) is 9.72 Å². The largest absolute Gasteiger partial charge is 0.497 e. The molecule has 0 saturated carbocycles. The van der Waals surface area contributed by atoms with Crippen LogP contribution in [-0.2, 0) is 12.8 Å². The number of nitrogens with zero attached hydrogens (tertiary/aromatic N) is 2. The molecule has 1 aliphatic rings. The summed E-state index contributed by atoms with van der Waals surface area (Å²) in [5, 5.41) is 0. The van der Waals surface area contributed by atoms with Gasteiger partial charge in [-0.25, -0.2) is 4.98 Å².